The van der Waals surface area contributed by atoms with Crippen LogP contribution in [0.3, 0.4) is 0 Å². The van der Waals surface area contributed by atoms with E-state index in [1.807, 2.05) is 6.07 Å². The van der Waals surface area contributed by atoms with Gasteiger partial charge in [0.1, 0.15) is 17.7 Å². The summed E-state index contributed by atoms with van der Waals surface area (Å²) in [5, 5.41) is 2.79. The maximum absolute atomic E-state index is 13.0. The highest BCUT2D eigenvalue weighted by Gasteiger charge is 2.33. The number of alkyl halides is 3. The lowest BCUT2D eigenvalue weighted by atomic mass is 10.1. The Morgan fingerprint density at radius 1 is 1.12 bits per heavy atom. The van der Waals surface area contributed by atoms with E-state index in [0.29, 0.717) is 23.7 Å². The van der Waals surface area contributed by atoms with E-state index in [1.54, 1.807) is 30.5 Å². The molecule has 0 aliphatic carbocycles. The third kappa shape index (κ3) is 5.00. The zero-order valence-electron chi connectivity index (χ0n) is 16.4. The van der Waals surface area contributed by atoms with Crippen molar-refractivity contribution >= 4 is 34.2 Å². The molecule has 0 aliphatic rings. The monoisotopic (exact) mass is 460 g/mol. The van der Waals surface area contributed by atoms with E-state index >= 15 is 0 Å². The topological polar surface area (TPSA) is 79.9 Å². The Hall–Kier alpha value is -3.59. The van der Waals surface area contributed by atoms with Crippen molar-refractivity contribution < 1.29 is 22.7 Å². The molecule has 0 bridgehead atoms. The van der Waals surface area contributed by atoms with Crippen molar-refractivity contribution in [3.8, 4) is 11.6 Å². The van der Waals surface area contributed by atoms with E-state index in [4.69, 9.17) is 16.3 Å². The molecule has 0 unspecified atom stereocenters. The molecular weight excluding hydrogens is 445 g/mol. The highest BCUT2D eigenvalue weighted by atomic mass is 35.5. The minimum absolute atomic E-state index is 0.0306. The molecule has 6 nitrogen and oxygen atoms in total. The standard InChI is InChI=1S/C22H16ClF3N4O2/c23-18-6-5-14(11-17(18)22(24,25)26)30-19(31)7-4-13-2-1-3-15(10-13)32-21-16-8-9-27-20(16)28-12-29-21/h1-3,5-6,8-12H,4,7H2,(H,30,31)(H,27,28,29). The molecule has 0 saturated carbocycles. The van der Waals surface area contributed by atoms with Crippen LogP contribution in [-0.2, 0) is 17.4 Å². The van der Waals surface area contributed by atoms with E-state index < -0.39 is 22.7 Å². The first-order valence-corrected chi connectivity index (χ1v) is 9.89. The molecule has 1 amide bonds. The number of amides is 1. The molecule has 0 atom stereocenters. The molecule has 0 spiro atoms. The Morgan fingerprint density at radius 2 is 1.97 bits per heavy atom. The number of H-pyrrole nitrogens is 1. The van der Waals surface area contributed by atoms with Crippen molar-refractivity contribution in [1.29, 1.82) is 0 Å². The Morgan fingerprint density at radius 3 is 2.78 bits per heavy atom. The van der Waals surface area contributed by atoms with Crippen LogP contribution in [0.5, 0.6) is 11.6 Å². The lowest BCUT2D eigenvalue weighted by Gasteiger charge is -2.12. The number of rotatable bonds is 6. The lowest BCUT2D eigenvalue weighted by Crippen LogP contribution is -2.14. The molecule has 2 N–H and O–H groups in total. The number of fused-ring (bicyclic) bond motifs is 1. The number of hydrogen-bond donors (Lipinski definition) is 2. The van der Waals surface area contributed by atoms with Gasteiger partial charge in [0.2, 0.25) is 11.8 Å². The second kappa shape index (κ2) is 8.88. The molecule has 2 heterocycles. The number of anilines is 1. The van der Waals surface area contributed by atoms with Gasteiger partial charge in [-0.3, -0.25) is 4.79 Å². The molecule has 2 aromatic heterocycles. The summed E-state index contributed by atoms with van der Waals surface area (Å²) in [6.45, 7) is 0. The Kier molecular flexibility index (Phi) is 6.00. The summed E-state index contributed by atoms with van der Waals surface area (Å²) in [4.78, 5) is 23.5. The number of aromatic amines is 1. The number of hydrogen-bond acceptors (Lipinski definition) is 4. The van der Waals surface area contributed by atoms with Crippen molar-refractivity contribution in [1.82, 2.24) is 15.0 Å². The molecular formula is C22H16ClF3N4O2. The van der Waals surface area contributed by atoms with Crippen LogP contribution in [-0.4, -0.2) is 20.9 Å². The van der Waals surface area contributed by atoms with E-state index in [9.17, 15) is 18.0 Å². The normalized spacial score (nSPS) is 11.5. The van der Waals surface area contributed by atoms with E-state index in [-0.39, 0.29) is 12.1 Å². The Labute approximate surface area is 185 Å². The van der Waals surface area contributed by atoms with Crippen molar-refractivity contribution in [2.75, 3.05) is 5.32 Å². The minimum atomic E-state index is -4.60. The van der Waals surface area contributed by atoms with E-state index in [1.165, 1.54) is 12.4 Å². The summed E-state index contributed by atoms with van der Waals surface area (Å²) in [7, 11) is 0. The zero-order chi connectivity index (χ0) is 22.7. The molecule has 10 heteroatoms. The third-order valence-electron chi connectivity index (χ3n) is 4.63. The van der Waals surface area contributed by atoms with Gasteiger partial charge in [-0.2, -0.15) is 13.2 Å². The van der Waals surface area contributed by atoms with Crippen LogP contribution in [0.2, 0.25) is 5.02 Å². The van der Waals surface area contributed by atoms with Gasteiger partial charge in [-0.25, -0.2) is 9.97 Å². The predicted octanol–water partition coefficient (Wildman–Crippen LogP) is 5.99. The minimum Gasteiger partial charge on any atom is -0.438 e. The maximum Gasteiger partial charge on any atom is 0.417 e. The number of benzene rings is 2. The highest BCUT2D eigenvalue weighted by Crippen LogP contribution is 2.36. The fourth-order valence-corrected chi connectivity index (χ4v) is 3.33. The smallest absolute Gasteiger partial charge is 0.417 e. The molecule has 0 fully saturated rings. The van der Waals surface area contributed by atoms with Crippen LogP contribution in [0.25, 0.3) is 11.0 Å². The van der Waals surface area contributed by atoms with Gasteiger partial charge in [-0.1, -0.05) is 23.7 Å². The molecule has 32 heavy (non-hydrogen) atoms. The molecule has 0 aliphatic heterocycles. The number of nitrogens with one attached hydrogen (secondary N) is 2. The Bertz CT molecular complexity index is 1270. The van der Waals surface area contributed by atoms with Gasteiger partial charge in [0.25, 0.3) is 0 Å². The van der Waals surface area contributed by atoms with Gasteiger partial charge in [-0.15, -0.1) is 0 Å². The van der Waals surface area contributed by atoms with Gasteiger partial charge < -0.3 is 15.0 Å². The second-order valence-corrected chi connectivity index (χ2v) is 7.32. The van der Waals surface area contributed by atoms with Crippen LogP contribution >= 0.6 is 11.6 Å². The largest absolute Gasteiger partial charge is 0.438 e. The van der Waals surface area contributed by atoms with Gasteiger partial charge in [-0.05, 0) is 48.4 Å². The molecule has 2 aromatic carbocycles. The summed E-state index contributed by atoms with van der Waals surface area (Å²) in [5.74, 6) is 0.516. The average molecular weight is 461 g/mol. The van der Waals surface area contributed by atoms with Gasteiger partial charge in [0, 0.05) is 18.3 Å². The average Bonchev–Trinajstić information content (AvgIpc) is 3.23. The van der Waals surface area contributed by atoms with Gasteiger partial charge in [0.05, 0.1) is 16.0 Å². The van der Waals surface area contributed by atoms with Crippen molar-refractivity contribution in [2.45, 2.75) is 19.0 Å². The molecule has 164 valence electrons. The SMILES string of the molecule is O=C(CCc1cccc(Oc2ncnc3[nH]ccc23)c1)Nc1ccc(Cl)c(C(F)(F)F)c1. The van der Waals surface area contributed by atoms with Crippen LogP contribution < -0.4 is 10.1 Å². The van der Waals surface area contributed by atoms with Crippen LogP contribution in [0.15, 0.2) is 61.1 Å². The molecule has 0 saturated heterocycles. The fraction of sp³-hybridized carbons (Fsp3) is 0.136. The van der Waals surface area contributed by atoms with E-state index in [0.717, 1.165) is 23.1 Å². The highest BCUT2D eigenvalue weighted by molar-refractivity contribution is 6.31. The van der Waals surface area contributed by atoms with Crippen molar-refractivity contribution in [3.63, 3.8) is 0 Å². The van der Waals surface area contributed by atoms with Crippen LogP contribution in [0.4, 0.5) is 18.9 Å². The Balaban J connectivity index is 1.39. The lowest BCUT2D eigenvalue weighted by molar-refractivity contribution is -0.137. The van der Waals surface area contributed by atoms with E-state index in [2.05, 4.69) is 20.3 Å². The van der Waals surface area contributed by atoms with Crippen molar-refractivity contribution in [2.24, 2.45) is 0 Å². The zero-order valence-corrected chi connectivity index (χ0v) is 17.2. The maximum atomic E-state index is 13.0. The van der Waals surface area contributed by atoms with Crippen LogP contribution in [0, 0.1) is 0 Å². The second-order valence-electron chi connectivity index (χ2n) is 6.91. The number of aromatic nitrogens is 3. The first-order chi connectivity index (χ1) is 15.3. The van der Waals surface area contributed by atoms with Crippen LogP contribution in [0.1, 0.15) is 17.5 Å². The van der Waals surface area contributed by atoms with Gasteiger partial charge in [0.15, 0.2) is 0 Å². The van der Waals surface area contributed by atoms with Crippen molar-refractivity contribution in [3.05, 3.63) is 77.2 Å². The fourth-order valence-electron chi connectivity index (χ4n) is 3.11. The molecule has 4 aromatic rings. The molecule has 4 rings (SSSR count). The van der Waals surface area contributed by atoms with Gasteiger partial charge >= 0.3 is 6.18 Å². The number of aryl methyl sites for hydroxylation is 1. The quantitative estimate of drug-likeness (QED) is 0.370. The third-order valence-corrected chi connectivity index (χ3v) is 4.96. The first kappa shape index (κ1) is 21.6. The number of carbonyl (C=O) groups excluding carboxylic acids is 1. The summed E-state index contributed by atoms with van der Waals surface area (Å²) >= 11 is 5.60. The number of nitrogens with zero attached hydrogens (tertiary/aromatic N) is 2. The molecule has 0 radical (unpaired) electrons. The number of halogens is 4. The summed E-state index contributed by atoms with van der Waals surface area (Å²) in [6.07, 6.45) is -1.04. The first-order valence-electron chi connectivity index (χ1n) is 9.51. The number of carbonyl (C=O) groups is 1. The predicted molar refractivity (Wildman–Crippen MR) is 114 cm³/mol. The number of ether oxygens (including phenoxy) is 1. The summed E-state index contributed by atoms with van der Waals surface area (Å²) in [6, 6.07) is 12.2. The summed E-state index contributed by atoms with van der Waals surface area (Å²) < 4.78 is 44.8. The summed E-state index contributed by atoms with van der Waals surface area (Å²) in [5.41, 5.74) is 0.508.